The zero-order valence-corrected chi connectivity index (χ0v) is 53.0. The first-order valence-corrected chi connectivity index (χ1v) is 34.8. The summed E-state index contributed by atoms with van der Waals surface area (Å²) in [4.78, 5) is 37.8. The fourth-order valence-corrected chi connectivity index (χ4v) is 10.4. The molecule has 0 amide bonds. The van der Waals surface area contributed by atoms with Crippen LogP contribution in [0.1, 0.15) is 322 Å². The van der Waals surface area contributed by atoms with E-state index in [-0.39, 0.29) is 32.0 Å². The predicted octanol–water partition coefficient (Wildman–Crippen LogP) is 20.6. The van der Waals surface area contributed by atoms with Gasteiger partial charge in [-0.25, -0.2) is 0 Å². The summed E-state index contributed by atoms with van der Waals surface area (Å²) in [6, 6.07) is 0. The van der Waals surface area contributed by atoms with Crippen molar-refractivity contribution in [1.29, 1.82) is 0 Å². The van der Waals surface area contributed by atoms with Crippen molar-refractivity contribution in [2.24, 2.45) is 0 Å². The van der Waals surface area contributed by atoms with Crippen LogP contribution in [0.5, 0.6) is 0 Å². The van der Waals surface area contributed by atoms with Gasteiger partial charge in [0.15, 0.2) is 6.10 Å². The van der Waals surface area contributed by atoms with Crippen LogP contribution in [0.25, 0.3) is 0 Å². The van der Waals surface area contributed by atoms with Gasteiger partial charge in [-0.1, -0.05) is 281 Å². The molecule has 2 atom stereocenters. The van der Waals surface area contributed by atoms with Crippen molar-refractivity contribution >= 4 is 19.8 Å². The number of allylic oxidation sites excluding steroid dienone is 8. The first kappa shape index (κ1) is 76.0. The van der Waals surface area contributed by atoms with E-state index in [0.29, 0.717) is 17.4 Å². The van der Waals surface area contributed by atoms with E-state index in [1.165, 1.54) is 225 Å². The minimum atomic E-state index is -4.63. The minimum absolute atomic E-state index is 0.0303. The second-order valence-corrected chi connectivity index (χ2v) is 25.2. The maximum absolute atomic E-state index is 12.8. The number of esters is 2. The second-order valence-electron chi connectivity index (χ2n) is 23.8. The number of ether oxygens (including phenoxy) is 2. The number of phosphoric ester groups is 1. The molecule has 0 aromatic heterocycles. The summed E-state index contributed by atoms with van der Waals surface area (Å²) in [6.07, 6.45) is 76.4. The standard InChI is InChI=1S/C68H128NO8P/c1-6-8-10-12-14-16-18-20-21-22-23-24-25-26-27-28-29-30-31-32-33-34-35-36-37-38-39-40-41-42-43-44-45-46-47-49-51-53-55-57-59-61-68(71)77-66(65-76-78(72,73)75-63-62-69(3,4)5)64-74-67(70)60-58-56-54-52-50-48-19-17-15-13-11-9-7-2/h17-20,22-23,25-26,66H,6-16,21,24,27-65H2,1-5H3/b19-17-,20-18-,23-22-,26-25-. The molecule has 2 unspecified atom stereocenters. The monoisotopic (exact) mass is 1120 g/mol. The van der Waals surface area contributed by atoms with Gasteiger partial charge < -0.3 is 27.9 Å². The Morgan fingerprint density at radius 2 is 0.692 bits per heavy atom. The molecule has 10 heteroatoms. The number of quaternary nitrogens is 1. The van der Waals surface area contributed by atoms with Crippen LogP contribution >= 0.6 is 7.82 Å². The fourth-order valence-electron chi connectivity index (χ4n) is 9.66. The van der Waals surface area contributed by atoms with Gasteiger partial charge in [0.25, 0.3) is 7.82 Å². The van der Waals surface area contributed by atoms with Gasteiger partial charge in [-0.3, -0.25) is 14.2 Å². The molecule has 458 valence electrons. The van der Waals surface area contributed by atoms with Crippen LogP contribution in [-0.4, -0.2) is 70.0 Å². The molecule has 0 aliphatic carbocycles. The van der Waals surface area contributed by atoms with Gasteiger partial charge in [-0.15, -0.1) is 0 Å². The van der Waals surface area contributed by atoms with Gasteiger partial charge in [-0.05, 0) is 77.0 Å². The van der Waals surface area contributed by atoms with Crippen molar-refractivity contribution in [1.82, 2.24) is 0 Å². The smallest absolute Gasteiger partial charge is 0.306 e. The van der Waals surface area contributed by atoms with Crippen LogP contribution in [-0.2, 0) is 32.7 Å². The molecule has 78 heavy (non-hydrogen) atoms. The van der Waals surface area contributed by atoms with E-state index in [1.807, 2.05) is 21.1 Å². The number of likely N-dealkylation sites (N-methyl/N-ethyl adjacent to an activating group) is 1. The van der Waals surface area contributed by atoms with Gasteiger partial charge in [0.2, 0.25) is 0 Å². The van der Waals surface area contributed by atoms with Crippen LogP contribution in [0.4, 0.5) is 0 Å². The number of carbonyl (C=O) groups is 2. The van der Waals surface area contributed by atoms with E-state index in [9.17, 15) is 19.0 Å². The molecule has 0 spiro atoms. The second kappa shape index (κ2) is 59.6. The lowest BCUT2D eigenvalue weighted by molar-refractivity contribution is -0.870. The van der Waals surface area contributed by atoms with Crippen molar-refractivity contribution in [2.75, 3.05) is 47.5 Å². The largest absolute Gasteiger partial charge is 0.756 e. The Morgan fingerprint density at radius 1 is 0.397 bits per heavy atom. The van der Waals surface area contributed by atoms with E-state index in [4.69, 9.17) is 18.5 Å². The molecule has 0 radical (unpaired) electrons. The van der Waals surface area contributed by atoms with Crippen LogP contribution in [0.3, 0.4) is 0 Å². The van der Waals surface area contributed by atoms with Crippen LogP contribution in [0.15, 0.2) is 48.6 Å². The Kier molecular flexibility index (Phi) is 58.0. The molecule has 0 heterocycles. The number of phosphoric acid groups is 1. The highest BCUT2D eigenvalue weighted by molar-refractivity contribution is 7.45. The van der Waals surface area contributed by atoms with E-state index < -0.39 is 26.5 Å². The summed E-state index contributed by atoms with van der Waals surface area (Å²) < 4.78 is 34.1. The Balaban J connectivity index is 3.84. The summed E-state index contributed by atoms with van der Waals surface area (Å²) in [5, 5.41) is 0. The highest BCUT2D eigenvalue weighted by atomic mass is 31.2. The molecule has 0 fully saturated rings. The normalized spacial score (nSPS) is 13.5. The van der Waals surface area contributed by atoms with Gasteiger partial charge in [0.1, 0.15) is 19.8 Å². The molecular formula is C68H128NO8P. The van der Waals surface area contributed by atoms with E-state index in [0.717, 1.165) is 64.2 Å². The van der Waals surface area contributed by atoms with Gasteiger partial charge in [0, 0.05) is 12.8 Å². The van der Waals surface area contributed by atoms with Crippen molar-refractivity contribution in [3.05, 3.63) is 48.6 Å². The van der Waals surface area contributed by atoms with Crippen molar-refractivity contribution in [2.45, 2.75) is 328 Å². The Labute approximate surface area is 484 Å². The third-order valence-corrected chi connectivity index (χ3v) is 15.8. The number of unbranched alkanes of at least 4 members (excludes halogenated alkanes) is 40. The van der Waals surface area contributed by atoms with E-state index in [1.54, 1.807) is 0 Å². The minimum Gasteiger partial charge on any atom is -0.756 e. The summed E-state index contributed by atoms with van der Waals surface area (Å²) in [6.45, 7) is 4.23. The zero-order chi connectivity index (χ0) is 57.0. The molecule has 0 aliphatic heterocycles. The maximum Gasteiger partial charge on any atom is 0.306 e. The number of carbonyl (C=O) groups excluding carboxylic acids is 2. The van der Waals surface area contributed by atoms with Crippen LogP contribution < -0.4 is 4.89 Å². The summed E-state index contributed by atoms with van der Waals surface area (Å²) >= 11 is 0. The van der Waals surface area contributed by atoms with Gasteiger partial charge in [-0.2, -0.15) is 0 Å². The maximum atomic E-state index is 12.8. The molecule has 0 rings (SSSR count). The van der Waals surface area contributed by atoms with Crippen molar-refractivity contribution < 1.29 is 42.1 Å². The lowest BCUT2D eigenvalue weighted by Gasteiger charge is -2.28. The Morgan fingerprint density at radius 3 is 1.05 bits per heavy atom. The predicted molar refractivity (Wildman–Crippen MR) is 333 cm³/mol. The van der Waals surface area contributed by atoms with Gasteiger partial charge >= 0.3 is 11.9 Å². The molecule has 0 aromatic carbocycles. The van der Waals surface area contributed by atoms with E-state index >= 15 is 0 Å². The highest BCUT2D eigenvalue weighted by Gasteiger charge is 2.22. The lowest BCUT2D eigenvalue weighted by atomic mass is 10.0. The third kappa shape index (κ3) is 63.2. The van der Waals surface area contributed by atoms with Crippen LogP contribution in [0.2, 0.25) is 0 Å². The number of rotatable bonds is 62. The summed E-state index contributed by atoms with van der Waals surface area (Å²) in [7, 11) is 1.17. The SMILES string of the molecule is CCCCCC/C=C\CCCCCCCC(=O)OCC(COP(=O)([O-])OCC[N+](C)(C)C)OC(=O)CCCCCCCCCCCCCCCCCCCCCCCCCCCC/C=C\C/C=C\C/C=C\CCCCCCC. The molecule has 0 N–H and O–H groups in total. The van der Waals surface area contributed by atoms with Crippen LogP contribution in [0, 0.1) is 0 Å². The molecule has 0 saturated carbocycles. The highest BCUT2D eigenvalue weighted by Crippen LogP contribution is 2.38. The number of hydrogen-bond acceptors (Lipinski definition) is 8. The average Bonchev–Trinajstić information content (AvgIpc) is 3.40. The van der Waals surface area contributed by atoms with Crippen molar-refractivity contribution in [3.8, 4) is 0 Å². The molecule has 0 saturated heterocycles. The topological polar surface area (TPSA) is 111 Å². The molecule has 9 nitrogen and oxygen atoms in total. The number of nitrogens with zero attached hydrogens (tertiary/aromatic N) is 1. The lowest BCUT2D eigenvalue weighted by Crippen LogP contribution is -2.37. The molecular weight excluding hydrogens is 990 g/mol. The van der Waals surface area contributed by atoms with E-state index in [2.05, 4.69) is 62.5 Å². The van der Waals surface area contributed by atoms with Crippen molar-refractivity contribution in [3.63, 3.8) is 0 Å². The number of hydrogen-bond donors (Lipinski definition) is 0. The first-order valence-electron chi connectivity index (χ1n) is 33.3. The molecule has 0 bridgehead atoms. The quantitative estimate of drug-likeness (QED) is 0.0195. The average molecular weight is 1120 g/mol. The Bertz CT molecular complexity index is 1460. The fraction of sp³-hybridized carbons (Fsp3) is 0.853. The third-order valence-electron chi connectivity index (χ3n) is 14.8. The van der Waals surface area contributed by atoms with Gasteiger partial charge in [0.05, 0.1) is 27.7 Å². The molecule has 0 aromatic rings. The Hall–Kier alpha value is -2.03. The summed E-state index contributed by atoms with van der Waals surface area (Å²) in [5.74, 6) is -0.830. The first-order chi connectivity index (χ1) is 38.0. The zero-order valence-electron chi connectivity index (χ0n) is 52.1. The summed E-state index contributed by atoms with van der Waals surface area (Å²) in [5.41, 5.74) is 0. The molecule has 0 aliphatic rings.